The number of aromatic amines is 1. The summed E-state index contributed by atoms with van der Waals surface area (Å²) in [5, 5.41) is 2.22. The van der Waals surface area contributed by atoms with Crippen molar-refractivity contribution in [1.29, 1.82) is 0 Å². The predicted octanol–water partition coefficient (Wildman–Crippen LogP) is 4.91. The number of H-pyrrole nitrogens is 1. The molecule has 5 rings (SSSR count). The minimum absolute atomic E-state index is 0.143. The van der Waals surface area contributed by atoms with Gasteiger partial charge in [0.05, 0.1) is 33.7 Å². The Bertz CT molecular complexity index is 1180. The highest BCUT2D eigenvalue weighted by atomic mass is 35.5. The van der Waals surface area contributed by atoms with Crippen LogP contribution in [0, 0.1) is 0 Å². The lowest BCUT2D eigenvalue weighted by molar-refractivity contribution is 0.137. The quantitative estimate of drug-likeness (QED) is 0.521. The predicted molar refractivity (Wildman–Crippen MR) is 114 cm³/mol. The Morgan fingerprint density at radius 3 is 2.93 bits per heavy atom. The molecule has 0 radical (unpaired) electrons. The van der Waals surface area contributed by atoms with E-state index in [1.807, 2.05) is 6.07 Å². The first-order valence-electron chi connectivity index (χ1n) is 9.45. The van der Waals surface area contributed by atoms with E-state index < -0.39 is 0 Å². The lowest BCUT2D eigenvalue weighted by Crippen LogP contribution is -2.34. The molecule has 28 heavy (non-hydrogen) atoms. The fraction of sp³-hybridized carbons (Fsp3) is 0.286. The number of thiazole rings is 1. The SMILES string of the molecule is O=c1[nH]c(CN2CCCC[C@H]2c2nc3ccccc3s2)nc2ccc(Cl)cc12. The van der Waals surface area contributed by atoms with Crippen LogP contribution < -0.4 is 5.56 Å². The van der Waals surface area contributed by atoms with Gasteiger partial charge < -0.3 is 4.98 Å². The van der Waals surface area contributed by atoms with E-state index >= 15 is 0 Å². The number of hydrogen-bond acceptors (Lipinski definition) is 5. The van der Waals surface area contributed by atoms with E-state index in [-0.39, 0.29) is 11.6 Å². The monoisotopic (exact) mass is 410 g/mol. The number of nitrogens with one attached hydrogen (secondary N) is 1. The minimum atomic E-state index is -0.143. The fourth-order valence-corrected chi connectivity index (χ4v) is 5.23. The van der Waals surface area contributed by atoms with E-state index in [1.165, 1.54) is 11.1 Å². The molecule has 4 aromatic rings. The van der Waals surface area contributed by atoms with Crippen molar-refractivity contribution in [3.63, 3.8) is 0 Å². The molecule has 1 fully saturated rings. The number of piperidine rings is 1. The number of fused-ring (bicyclic) bond motifs is 2. The molecule has 3 heterocycles. The molecular formula is C21H19ClN4OS. The molecule has 2 aromatic carbocycles. The molecule has 0 unspecified atom stereocenters. The summed E-state index contributed by atoms with van der Waals surface area (Å²) < 4.78 is 1.22. The van der Waals surface area contributed by atoms with Crippen LogP contribution in [0.3, 0.4) is 0 Å². The van der Waals surface area contributed by atoms with E-state index in [4.69, 9.17) is 16.6 Å². The summed E-state index contributed by atoms with van der Waals surface area (Å²) in [7, 11) is 0. The van der Waals surface area contributed by atoms with E-state index in [1.54, 1.807) is 29.5 Å². The van der Waals surface area contributed by atoms with Gasteiger partial charge >= 0.3 is 0 Å². The smallest absolute Gasteiger partial charge is 0.258 e. The zero-order valence-corrected chi connectivity index (χ0v) is 16.8. The van der Waals surface area contributed by atoms with Gasteiger partial charge in [-0.2, -0.15) is 0 Å². The topological polar surface area (TPSA) is 61.9 Å². The summed E-state index contributed by atoms with van der Waals surface area (Å²) in [5.41, 5.74) is 1.59. The molecule has 5 nitrogen and oxygen atoms in total. The van der Waals surface area contributed by atoms with Gasteiger partial charge in [-0.1, -0.05) is 30.2 Å². The average Bonchev–Trinajstić information content (AvgIpc) is 3.13. The zero-order chi connectivity index (χ0) is 19.1. The number of aromatic nitrogens is 3. The zero-order valence-electron chi connectivity index (χ0n) is 15.2. The Balaban J connectivity index is 1.48. The number of nitrogens with zero attached hydrogens (tertiary/aromatic N) is 3. The Hall–Kier alpha value is -2.28. The van der Waals surface area contributed by atoms with E-state index in [0.717, 1.165) is 29.9 Å². The summed E-state index contributed by atoms with van der Waals surface area (Å²) in [4.78, 5) is 27.4. The van der Waals surface area contributed by atoms with Gasteiger partial charge in [0.1, 0.15) is 10.8 Å². The van der Waals surface area contributed by atoms with Crippen LogP contribution in [-0.2, 0) is 6.54 Å². The highest BCUT2D eigenvalue weighted by Crippen LogP contribution is 2.36. The highest BCUT2D eigenvalue weighted by Gasteiger charge is 2.27. The normalized spacial score (nSPS) is 18.1. The second-order valence-corrected chi connectivity index (χ2v) is 8.67. The Morgan fingerprint density at radius 1 is 1.14 bits per heavy atom. The summed E-state index contributed by atoms with van der Waals surface area (Å²) in [6.07, 6.45) is 3.42. The average molecular weight is 411 g/mol. The maximum absolute atomic E-state index is 12.5. The number of halogens is 1. The lowest BCUT2D eigenvalue weighted by atomic mass is 10.0. The van der Waals surface area contributed by atoms with Crippen LogP contribution in [0.15, 0.2) is 47.3 Å². The third-order valence-corrected chi connectivity index (χ3v) is 6.65. The molecular weight excluding hydrogens is 392 g/mol. The molecule has 0 amide bonds. The minimum Gasteiger partial charge on any atom is -0.309 e. The number of para-hydroxylation sites is 1. The fourth-order valence-electron chi connectivity index (χ4n) is 3.92. The van der Waals surface area contributed by atoms with Gasteiger partial charge in [0.2, 0.25) is 0 Å². The van der Waals surface area contributed by atoms with Crippen molar-refractivity contribution in [2.24, 2.45) is 0 Å². The molecule has 0 bridgehead atoms. The number of likely N-dealkylation sites (tertiary alicyclic amines) is 1. The summed E-state index contributed by atoms with van der Waals surface area (Å²) in [6.45, 7) is 1.58. The van der Waals surface area contributed by atoms with Crippen LogP contribution in [0.25, 0.3) is 21.1 Å². The van der Waals surface area contributed by atoms with Crippen molar-refractivity contribution in [1.82, 2.24) is 19.9 Å². The maximum Gasteiger partial charge on any atom is 0.258 e. The van der Waals surface area contributed by atoms with Crippen molar-refractivity contribution in [3.05, 3.63) is 68.7 Å². The molecule has 1 aliphatic heterocycles. The Morgan fingerprint density at radius 2 is 2.04 bits per heavy atom. The van der Waals surface area contributed by atoms with Crippen LogP contribution in [0.2, 0.25) is 5.02 Å². The molecule has 1 N–H and O–H groups in total. The first kappa shape index (κ1) is 17.8. The standard InChI is InChI=1S/C21H19ClN4OS/c22-13-8-9-15-14(11-13)20(27)25-19(23-15)12-26-10-4-3-6-17(26)21-24-16-5-1-2-7-18(16)28-21/h1-2,5,7-9,11,17H,3-4,6,10,12H2,(H,23,25,27)/t17-/m0/s1. The van der Waals surface area contributed by atoms with Crippen molar-refractivity contribution in [2.75, 3.05) is 6.54 Å². The van der Waals surface area contributed by atoms with Gasteiger partial charge in [0, 0.05) is 5.02 Å². The van der Waals surface area contributed by atoms with Crippen molar-refractivity contribution in [2.45, 2.75) is 31.8 Å². The molecule has 0 spiro atoms. The van der Waals surface area contributed by atoms with Crippen molar-refractivity contribution < 1.29 is 0 Å². The van der Waals surface area contributed by atoms with E-state index in [2.05, 4.69) is 33.1 Å². The summed E-state index contributed by atoms with van der Waals surface area (Å²) in [5.74, 6) is 0.688. The molecule has 142 valence electrons. The van der Waals surface area contributed by atoms with Crippen LogP contribution in [0.1, 0.15) is 36.1 Å². The number of benzene rings is 2. The molecule has 1 aliphatic rings. The van der Waals surface area contributed by atoms with E-state index in [9.17, 15) is 4.79 Å². The van der Waals surface area contributed by atoms with Gasteiger partial charge in [0.15, 0.2) is 0 Å². The molecule has 1 atom stereocenters. The Kier molecular flexibility index (Phi) is 4.62. The highest BCUT2D eigenvalue weighted by molar-refractivity contribution is 7.18. The molecule has 7 heteroatoms. The van der Waals surface area contributed by atoms with Crippen LogP contribution >= 0.6 is 22.9 Å². The molecule has 0 aliphatic carbocycles. The molecule has 2 aromatic heterocycles. The van der Waals surface area contributed by atoms with Crippen molar-refractivity contribution >= 4 is 44.1 Å². The van der Waals surface area contributed by atoms with Gasteiger partial charge in [-0.25, -0.2) is 9.97 Å². The molecule has 1 saturated heterocycles. The first-order valence-corrected chi connectivity index (χ1v) is 10.6. The van der Waals surface area contributed by atoms with Gasteiger partial charge in [0.25, 0.3) is 5.56 Å². The van der Waals surface area contributed by atoms with Crippen LogP contribution in [0.5, 0.6) is 0 Å². The maximum atomic E-state index is 12.5. The third-order valence-electron chi connectivity index (χ3n) is 5.28. The second kappa shape index (κ2) is 7.28. The Labute approximate surface area is 171 Å². The number of hydrogen-bond donors (Lipinski definition) is 1. The van der Waals surface area contributed by atoms with Gasteiger partial charge in [-0.05, 0) is 49.7 Å². The lowest BCUT2D eigenvalue weighted by Gasteiger charge is -2.34. The van der Waals surface area contributed by atoms with E-state index in [0.29, 0.717) is 28.3 Å². The van der Waals surface area contributed by atoms with Crippen LogP contribution in [0.4, 0.5) is 0 Å². The summed E-state index contributed by atoms with van der Waals surface area (Å²) >= 11 is 7.78. The van der Waals surface area contributed by atoms with Crippen molar-refractivity contribution in [3.8, 4) is 0 Å². The third kappa shape index (κ3) is 3.32. The second-order valence-electron chi connectivity index (χ2n) is 7.18. The van der Waals surface area contributed by atoms with Gasteiger partial charge in [-0.3, -0.25) is 9.69 Å². The first-order chi connectivity index (χ1) is 13.7. The number of rotatable bonds is 3. The largest absolute Gasteiger partial charge is 0.309 e. The van der Waals surface area contributed by atoms with Crippen LogP contribution in [-0.4, -0.2) is 26.4 Å². The summed E-state index contributed by atoms with van der Waals surface area (Å²) in [6, 6.07) is 13.8. The van der Waals surface area contributed by atoms with Gasteiger partial charge in [-0.15, -0.1) is 11.3 Å². The molecule has 0 saturated carbocycles.